The predicted molar refractivity (Wildman–Crippen MR) is 124 cm³/mol. The van der Waals surface area contributed by atoms with Crippen molar-refractivity contribution in [1.82, 2.24) is 4.72 Å². The second kappa shape index (κ2) is 9.01. The molecule has 0 spiro atoms. The molecule has 4 rings (SSSR count). The Morgan fingerprint density at radius 2 is 1.74 bits per heavy atom. The van der Waals surface area contributed by atoms with Crippen molar-refractivity contribution in [2.24, 2.45) is 0 Å². The normalized spacial score (nSPS) is 16.5. The smallest absolute Gasteiger partial charge is 0.258 e. The van der Waals surface area contributed by atoms with E-state index in [0.717, 1.165) is 55.7 Å². The molecule has 0 atom stereocenters. The molecule has 166 valence electrons. The van der Waals surface area contributed by atoms with Crippen LogP contribution in [0.5, 0.6) is 0 Å². The standard InChI is InChI=1S/C24H31N3O3S/c1-3-26(4-2)21-11-9-18(10-12-21)24(28)27-16-15-19-17-22(13-14-23(19)27)31(29,30)25-20-7-5-6-8-20/h9-14,17,20,25H,3-8,15-16H2,1-2H3. The summed E-state index contributed by atoms with van der Waals surface area (Å²) in [7, 11) is -3.53. The third-order valence-corrected chi connectivity index (χ3v) is 7.94. The van der Waals surface area contributed by atoms with Crippen molar-refractivity contribution >= 4 is 27.3 Å². The van der Waals surface area contributed by atoms with Gasteiger partial charge in [-0.2, -0.15) is 0 Å². The van der Waals surface area contributed by atoms with E-state index in [2.05, 4.69) is 23.5 Å². The summed E-state index contributed by atoms with van der Waals surface area (Å²) in [4.78, 5) is 17.4. The minimum absolute atomic E-state index is 0.0376. The number of fused-ring (bicyclic) bond motifs is 1. The molecule has 1 fully saturated rings. The molecule has 31 heavy (non-hydrogen) atoms. The van der Waals surface area contributed by atoms with E-state index in [1.807, 2.05) is 24.3 Å². The van der Waals surface area contributed by atoms with E-state index in [-0.39, 0.29) is 16.8 Å². The Kier molecular flexibility index (Phi) is 6.34. The molecule has 0 aromatic heterocycles. The van der Waals surface area contributed by atoms with Crippen LogP contribution in [0.3, 0.4) is 0 Å². The Morgan fingerprint density at radius 1 is 1.06 bits per heavy atom. The maximum Gasteiger partial charge on any atom is 0.258 e. The number of nitrogens with one attached hydrogen (secondary N) is 1. The largest absolute Gasteiger partial charge is 0.372 e. The van der Waals surface area contributed by atoms with Gasteiger partial charge in [0, 0.05) is 42.6 Å². The predicted octanol–water partition coefficient (Wildman–Crippen LogP) is 3.96. The van der Waals surface area contributed by atoms with Crippen molar-refractivity contribution in [3.8, 4) is 0 Å². The van der Waals surface area contributed by atoms with Crippen molar-refractivity contribution in [3.63, 3.8) is 0 Å². The molecular formula is C24H31N3O3S. The molecule has 1 N–H and O–H groups in total. The van der Waals surface area contributed by atoms with E-state index >= 15 is 0 Å². The summed E-state index contributed by atoms with van der Waals surface area (Å²) in [6.07, 6.45) is 4.61. The lowest BCUT2D eigenvalue weighted by Gasteiger charge is -2.22. The fraction of sp³-hybridized carbons (Fsp3) is 0.458. The van der Waals surface area contributed by atoms with Crippen LogP contribution in [0.4, 0.5) is 11.4 Å². The average Bonchev–Trinajstić information content (AvgIpc) is 3.43. The van der Waals surface area contributed by atoms with Crippen molar-refractivity contribution in [2.45, 2.75) is 56.9 Å². The Labute approximate surface area is 185 Å². The van der Waals surface area contributed by atoms with Crippen molar-refractivity contribution in [1.29, 1.82) is 0 Å². The molecule has 1 aliphatic heterocycles. The molecule has 0 radical (unpaired) electrons. The van der Waals surface area contributed by atoms with E-state index in [0.29, 0.717) is 18.5 Å². The van der Waals surface area contributed by atoms with Crippen LogP contribution < -0.4 is 14.5 Å². The van der Waals surface area contributed by atoms with Crippen molar-refractivity contribution in [2.75, 3.05) is 29.4 Å². The highest BCUT2D eigenvalue weighted by atomic mass is 32.2. The fourth-order valence-electron chi connectivity index (χ4n) is 4.65. The van der Waals surface area contributed by atoms with Crippen molar-refractivity contribution in [3.05, 3.63) is 53.6 Å². The zero-order valence-electron chi connectivity index (χ0n) is 18.3. The third-order valence-electron chi connectivity index (χ3n) is 6.42. The number of anilines is 2. The van der Waals surface area contributed by atoms with Gasteiger partial charge in [-0.25, -0.2) is 13.1 Å². The Balaban J connectivity index is 1.51. The van der Waals surface area contributed by atoms with Crippen LogP contribution >= 0.6 is 0 Å². The van der Waals surface area contributed by atoms with Crippen LogP contribution in [0.1, 0.15) is 55.5 Å². The number of carbonyl (C=O) groups excluding carboxylic acids is 1. The first-order valence-corrected chi connectivity index (χ1v) is 12.7. The molecule has 6 nitrogen and oxygen atoms in total. The lowest BCUT2D eigenvalue weighted by molar-refractivity contribution is 0.0989. The quantitative estimate of drug-likeness (QED) is 0.706. The van der Waals surface area contributed by atoms with Crippen LogP contribution in [0, 0.1) is 0 Å². The minimum Gasteiger partial charge on any atom is -0.372 e. The molecule has 1 amide bonds. The Morgan fingerprint density at radius 3 is 2.39 bits per heavy atom. The monoisotopic (exact) mass is 441 g/mol. The first-order valence-electron chi connectivity index (χ1n) is 11.2. The fourth-order valence-corrected chi connectivity index (χ4v) is 6.00. The van der Waals surface area contributed by atoms with Crippen LogP contribution in [0.2, 0.25) is 0 Å². The van der Waals surface area contributed by atoms with E-state index in [1.165, 1.54) is 0 Å². The van der Waals surface area contributed by atoms with Gasteiger partial charge in [-0.15, -0.1) is 0 Å². The van der Waals surface area contributed by atoms with E-state index in [9.17, 15) is 13.2 Å². The maximum atomic E-state index is 13.1. The lowest BCUT2D eigenvalue weighted by atomic mass is 10.1. The maximum absolute atomic E-state index is 13.1. The van der Waals surface area contributed by atoms with Crippen LogP contribution in [0.15, 0.2) is 47.4 Å². The molecule has 7 heteroatoms. The SMILES string of the molecule is CCN(CC)c1ccc(C(=O)N2CCc3cc(S(=O)(=O)NC4CCCC4)ccc32)cc1. The number of benzene rings is 2. The van der Waals surface area contributed by atoms with Gasteiger partial charge < -0.3 is 9.80 Å². The number of hydrogen-bond donors (Lipinski definition) is 1. The summed E-state index contributed by atoms with van der Waals surface area (Å²) in [5.74, 6) is -0.0514. The van der Waals surface area contributed by atoms with Gasteiger partial charge in [0.15, 0.2) is 0 Å². The summed E-state index contributed by atoms with van der Waals surface area (Å²) >= 11 is 0. The number of amides is 1. The number of rotatable bonds is 7. The van der Waals surface area contributed by atoms with Crippen molar-refractivity contribution < 1.29 is 13.2 Å². The zero-order chi connectivity index (χ0) is 22.0. The highest BCUT2D eigenvalue weighted by Crippen LogP contribution is 2.32. The lowest BCUT2D eigenvalue weighted by Crippen LogP contribution is -2.32. The Bertz CT molecular complexity index is 1040. The van der Waals surface area contributed by atoms with Gasteiger partial charge in [-0.3, -0.25) is 4.79 Å². The molecule has 2 aromatic rings. The molecule has 2 aliphatic rings. The van der Waals surface area contributed by atoms with Gasteiger partial charge >= 0.3 is 0 Å². The van der Waals surface area contributed by atoms with Gasteiger partial charge in [-0.05, 0) is 81.1 Å². The average molecular weight is 442 g/mol. The van der Waals surface area contributed by atoms with E-state index in [1.54, 1.807) is 23.1 Å². The van der Waals surface area contributed by atoms with Crippen LogP contribution in [0.25, 0.3) is 0 Å². The molecule has 1 aliphatic carbocycles. The van der Waals surface area contributed by atoms with Crippen LogP contribution in [-0.2, 0) is 16.4 Å². The minimum atomic E-state index is -3.53. The van der Waals surface area contributed by atoms with Gasteiger partial charge in [0.05, 0.1) is 4.90 Å². The number of carbonyl (C=O) groups is 1. The number of sulfonamides is 1. The van der Waals surface area contributed by atoms with Crippen LogP contribution in [-0.4, -0.2) is 40.0 Å². The third kappa shape index (κ3) is 4.48. The summed E-state index contributed by atoms with van der Waals surface area (Å²) in [5, 5.41) is 0. The zero-order valence-corrected chi connectivity index (χ0v) is 19.1. The summed E-state index contributed by atoms with van der Waals surface area (Å²) < 4.78 is 28.4. The van der Waals surface area contributed by atoms with Gasteiger partial charge in [0.1, 0.15) is 0 Å². The molecule has 0 saturated heterocycles. The second-order valence-electron chi connectivity index (χ2n) is 8.32. The number of nitrogens with zero attached hydrogens (tertiary/aromatic N) is 2. The molecule has 0 bridgehead atoms. The first kappa shape index (κ1) is 21.8. The molecule has 0 unspecified atom stereocenters. The summed E-state index contributed by atoms with van der Waals surface area (Å²) in [5.41, 5.74) is 3.45. The second-order valence-corrected chi connectivity index (χ2v) is 10.0. The Hall–Kier alpha value is -2.38. The molecule has 1 saturated carbocycles. The summed E-state index contributed by atoms with van der Waals surface area (Å²) in [6, 6.07) is 12.9. The molecular weight excluding hydrogens is 410 g/mol. The van der Waals surface area contributed by atoms with Gasteiger partial charge in [-0.1, -0.05) is 12.8 Å². The summed E-state index contributed by atoms with van der Waals surface area (Å²) in [6.45, 7) is 6.63. The van der Waals surface area contributed by atoms with E-state index < -0.39 is 10.0 Å². The topological polar surface area (TPSA) is 69.7 Å². The van der Waals surface area contributed by atoms with Gasteiger partial charge in [0.25, 0.3) is 5.91 Å². The molecule has 2 aromatic carbocycles. The highest BCUT2D eigenvalue weighted by molar-refractivity contribution is 7.89. The first-order chi connectivity index (χ1) is 14.9. The van der Waals surface area contributed by atoms with Gasteiger partial charge in [0.2, 0.25) is 10.0 Å². The highest BCUT2D eigenvalue weighted by Gasteiger charge is 2.29. The van der Waals surface area contributed by atoms with E-state index in [4.69, 9.17) is 0 Å². The molecule has 1 heterocycles. The number of hydrogen-bond acceptors (Lipinski definition) is 4.